The van der Waals surface area contributed by atoms with Crippen LogP contribution in [0.4, 0.5) is 0 Å². The number of benzene rings is 2. The minimum atomic E-state index is -0.347. The summed E-state index contributed by atoms with van der Waals surface area (Å²) in [7, 11) is 2.19. The number of nitrogens with zero attached hydrogens (tertiary/aromatic N) is 1. The van der Waals surface area contributed by atoms with Crippen LogP contribution in [0.2, 0.25) is 0 Å². The first kappa shape index (κ1) is 16.3. The Labute approximate surface area is 149 Å². The molecule has 0 aromatic heterocycles. The Kier molecular flexibility index (Phi) is 4.58. The fourth-order valence-electron chi connectivity index (χ4n) is 4.50. The molecule has 25 heavy (non-hydrogen) atoms. The van der Waals surface area contributed by atoms with Gasteiger partial charge in [-0.2, -0.15) is 0 Å². The lowest BCUT2D eigenvalue weighted by Gasteiger charge is -2.29. The van der Waals surface area contributed by atoms with Crippen molar-refractivity contribution in [2.24, 2.45) is 5.92 Å². The average Bonchev–Trinajstić information content (AvgIpc) is 2.89. The molecule has 2 aromatic rings. The number of rotatable bonds is 4. The molecule has 0 radical (unpaired) electrons. The Morgan fingerprint density at radius 2 is 1.56 bits per heavy atom. The zero-order valence-corrected chi connectivity index (χ0v) is 14.7. The second-order valence-corrected chi connectivity index (χ2v) is 7.48. The van der Waals surface area contributed by atoms with Crippen LogP contribution in [-0.4, -0.2) is 36.6 Å². The maximum absolute atomic E-state index is 13.1. The van der Waals surface area contributed by atoms with Gasteiger partial charge in [0.1, 0.15) is 12.0 Å². The van der Waals surface area contributed by atoms with E-state index in [2.05, 4.69) is 11.9 Å². The van der Waals surface area contributed by atoms with Crippen molar-refractivity contribution >= 4 is 5.97 Å². The van der Waals surface area contributed by atoms with Gasteiger partial charge in [-0.25, -0.2) is 0 Å². The summed E-state index contributed by atoms with van der Waals surface area (Å²) in [5.41, 5.74) is 1.99. The lowest BCUT2D eigenvalue weighted by molar-refractivity contribution is -0.152. The quantitative estimate of drug-likeness (QED) is 0.795. The van der Waals surface area contributed by atoms with E-state index in [0.717, 1.165) is 30.5 Å². The van der Waals surface area contributed by atoms with Gasteiger partial charge >= 0.3 is 5.97 Å². The number of carbonyl (C=O) groups excluding carboxylic acids is 1. The number of fused-ring (bicyclic) bond motifs is 2. The molecule has 3 nitrogen and oxygen atoms in total. The predicted molar refractivity (Wildman–Crippen MR) is 98.4 cm³/mol. The van der Waals surface area contributed by atoms with Crippen molar-refractivity contribution in [1.82, 2.24) is 4.90 Å². The third kappa shape index (κ3) is 3.47. The van der Waals surface area contributed by atoms with Crippen LogP contribution in [-0.2, 0) is 9.53 Å². The Morgan fingerprint density at radius 3 is 2.12 bits per heavy atom. The number of hydrogen-bond acceptors (Lipinski definition) is 3. The first-order valence-corrected chi connectivity index (χ1v) is 9.21. The third-order valence-corrected chi connectivity index (χ3v) is 5.69. The van der Waals surface area contributed by atoms with Gasteiger partial charge in [0.05, 0.1) is 0 Å². The molecular formula is C22H25NO2. The van der Waals surface area contributed by atoms with Gasteiger partial charge in [-0.15, -0.1) is 0 Å². The van der Waals surface area contributed by atoms with Crippen LogP contribution < -0.4 is 0 Å². The summed E-state index contributed by atoms with van der Waals surface area (Å²) in [5, 5.41) is 0. The molecular weight excluding hydrogens is 310 g/mol. The van der Waals surface area contributed by atoms with Gasteiger partial charge in [0.25, 0.3) is 0 Å². The van der Waals surface area contributed by atoms with Gasteiger partial charge in [-0.05, 0) is 43.4 Å². The predicted octanol–water partition coefficient (Wildman–Crippen LogP) is 3.84. The Hall–Kier alpha value is -2.13. The fourth-order valence-corrected chi connectivity index (χ4v) is 4.50. The van der Waals surface area contributed by atoms with E-state index in [1.54, 1.807) is 0 Å². The highest BCUT2D eigenvalue weighted by atomic mass is 16.5. The molecule has 0 N–H and O–H groups in total. The SMILES string of the molecule is CN1C[C@@H]2CC(OC(=O)C(c3ccccc3)c3ccccc3)C[C@H]1C2. The molecule has 2 aliphatic rings. The zero-order valence-electron chi connectivity index (χ0n) is 14.7. The molecule has 1 unspecified atom stereocenters. The number of likely N-dealkylation sites (tertiary alicyclic amines) is 1. The Balaban J connectivity index is 1.54. The summed E-state index contributed by atoms with van der Waals surface area (Å²) in [5.74, 6) is 0.208. The van der Waals surface area contributed by atoms with Gasteiger partial charge in [-0.1, -0.05) is 60.7 Å². The maximum Gasteiger partial charge on any atom is 0.318 e. The minimum absolute atomic E-state index is 0.0520. The Morgan fingerprint density at radius 1 is 0.960 bits per heavy atom. The van der Waals surface area contributed by atoms with E-state index in [1.165, 1.54) is 6.42 Å². The van der Waals surface area contributed by atoms with Crippen LogP contribution in [0.1, 0.15) is 36.3 Å². The van der Waals surface area contributed by atoms with E-state index in [4.69, 9.17) is 4.74 Å². The van der Waals surface area contributed by atoms with Crippen molar-refractivity contribution in [2.75, 3.05) is 13.6 Å². The van der Waals surface area contributed by atoms with Crippen molar-refractivity contribution in [3.63, 3.8) is 0 Å². The van der Waals surface area contributed by atoms with Gasteiger partial charge in [-0.3, -0.25) is 4.79 Å². The smallest absolute Gasteiger partial charge is 0.318 e. The van der Waals surface area contributed by atoms with E-state index in [1.807, 2.05) is 60.7 Å². The van der Waals surface area contributed by atoms with Crippen molar-refractivity contribution in [2.45, 2.75) is 37.3 Å². The molecule has 2 aromatic carbocycles. The summed E-state index contributed by atoms with van der Waals surface area (Å²) in [4.78, 5) is 15.5. The van der Waals surface area contributed by atoms with E-state index in [9.17, 15) is 4.79 Å². The van der Waals surface area contributed by atoms with Crippen molar-refractivity contribution in [3.8, 4) is 0 Å². The molecule has 2 bridgehead atoms. The zero-order chi connectivity index (χ0) is 17.2. The average molecular weight is 335 g/mol. The highest BCUT2D eigenvalue weighted by molar-refractivity contribution is 5.82. The Bertz CT molecular complexity index is 674. The number of ether oxygens (including phenoxy) is 1. The summed E-state index contributed by atoms with van der Waals surface area (Å²) in [6.45, 7) is 1.14. The number of esters is 1. The normalized spacial score (nSPS) is 25.9. The molecule has 4 rings (SSSR count). The summed E-state index contributed by atoms with van der Waals surface area (Å²) in [6.07, 6.45) is 3.28. The highest BCUT2D eigenvalue weighted by Gasteiger charge is 2.39. The molecule has 2 fully saturated rings. The molecule has 1 aliphatic heterocycles. The van der Waals surface area contributed by atoms with E-state index >= 15 is 0 Å². The molecule has 3 heteroatoms. The van der Waals surface area contributed by atoms with Crippen molar-refractivity contribution in [3.05, 3.63) is 71.8 Å². The maximum atomic E-state index is 13.1. The number of carbonyl (C=O) groups is 1. The lowest BCUT2D eigenvalue weighted by Crippen LogP contribution is -2.33. The first-order chi connectivity index (χ1) is 12.2. The van der Waals surface area contributed by atoms with Crippen molar-refractivity contribution in [1.29, 1.82) is 0 Å². The standard InChI is InChI=1S/C22H25NO2/c1-23-15-16-12-19(23)14-20(13-16)25-22(24)21(17-8-4-2-5-9-17)18-10-6-3-7-11-18/h2-11,16,19-21H,12-15H2,1H3/t16-,19+,20?/m0/s1. The largest absolute Gasteiger partial charge is 0.462 e. The van der Waals surface area contributed by atoms with Gasteiger partial charge < -0.3 is 9.64 Å². The van der Waals surface area contributed by atoms with Crippen molar-refractivity contribution < 1.29 is 9.53 Å². The third-order valence-electron chi connectivity index (χ3n) is 5.69. The van der Waals surface area contributed by atoms with E-state index < -0.39 is 0 Å². The second-order valence-electron chi connectivity index (χ2n) is 7.48. The first-order valence-electron chi connectivity index (χ1n) is 9.21. The lowest BCUT2D eigenvalue weighted by atomic mass is 9.87. The second kappa shape index (κ2) is 7.01. The van der Waals surface area contributed by atoms with Crippen LogP contribution in [0.15, 0.2) is 60.7 Å². The topological polar surface area (TPSA) is 29.5 Å². The molecule has 0 spiro atoms. The molecule has 1 saturated carbocycles. The number of hydrogen-bond donors (Lipinski definition) is 0. The van der Waals surface area contributed by atoms with Crippen LogP contribution >= 0.6 is 0 Å². The summed E-state index contributed by atoms with van der Waals surface area (Å²) >= 11 is 0. The van der Waals surface area contributed by atoms with Crippen LogP contribution in [0.3, 0.4) is 0 Å². The van der Waals surface area contributed by atoms with E-state index in [-0.39, 0.29) is 18.0 Å². The molecule has 1 aliphatic carbocycles. The van der Waals surface area contributed by atoms with Crippen LogP contribution in [0.25, 0.3) is 0 Å². The molecule has 130 valence electrons. The fraction of sp³-hybridized carbons (Fsp3) is 0.409. The van der Waals surface area contributed by atoms with Gasteiger partial charge in [0.2, 0.25) is 0 Å². The molecule has 1 saturated heterocycles. The van der Waals surface area contributed by atoms with Crippen LogP contribution in [0, 0.1) is 5.92 Å². The van der Waals surface area contributed by atoms with Gasteiger partial charge in [0.15, 0.2) is 0 Å². The van der Waals surface area contributed by atoms with Crippen LogP contribution in [0.5, 0.6) is 0 Å². The molecule has 0 amide bonds. The molecule has 1 heterocycles. The summed E-state index contributed by atoms with van der Waals surface area (Å²) in [6, 6.07) is 20.5. The highest BCUT2D eigenvalue weighted by Crippen LogP contribution is 2.37. The monoisotopic (exact) mass is 335 g/mol. The summed E-state index contributed by atoms with van der Waals surface area (Å²) < 4.78 is 6.03. The van der Waals surface area contributed by atoms with Gasteiger partial charge in [0, 0.05) is 12.6 Å². The molecule has 3 atom stereocenters. The minimum Gasteiger partial charge on any atom is -0.462 e. The van der Waals surface area contributed by atoms with E-state index in [0.29, 0.717) is 12.0 Å².